The van der Waals surface area contributed by atoms with Gasteiger partial charge in [0.25, 0.3) is 0 Å². The maximum Gasteiger partial charge on any atom is 0.227 e. The molecule has 0 unspecified atom stereocenters. The molecule has 2 aromatic rings. The van der Waals surface area contributed by atoms with Crippen molar-refractivity contribution < 1.29 is 4.79 Å². The highest BCUT2D eigenvalue weighted by atomic mass is 32.1. The van der Waals surface area contributed by atoms with Crippen LogP contribution in [0.3, 0.4) is 0 Å². The van der Waals surface area contributed by atoms with Crippen LogP contribution in [0.2, 0.25) is 0 Å². The van der Waals surface area contributed by atoms with Crippen LogP contribution in [0.25, 0.3) is 0 Å². The summed E-state index contributed by atoms with van der Waals surface area (Å²) in [4.78, 5) is 16.4. The third-order valence-electron chi connectivity index (χ3n) is 3.89. The fraction of sp³-hybridized carbons (Fsp3) is 0.438. The van der Waals surface area contributed by atoms with Gasteiger partial charge in [0.1, 0.15) is 5.82 Å². The van der Waals surface area contributed by atoms with Crippen LogP contribution in [0, 0.1) is 12.8 Å². The van der Waals surface area contributed by atoms with E-state index in [2.05, 4.69) is 20.0 Å². The lowest BCUT2D eigenvalue weighted by Gasteiger charge is -2.11. The number of carbonyl (C=O) groups excluding carboxylic acids is 1. The summed E-state index contributed by atoms with van der Waals surface area (Å²) in [5, 5.41) is 7.10. The Hall–Kier alpha value is -1.95. The van der Waals surface area contributed by atoms with Gasteiger partial charge in [0, 0.05) is 29.7 Å². The molecule has 0 radical (unpaired) electrons. The number of anilines is 2. The summed E-state index contributed by atoms with van der Waals surface area (Å²) < 4.78 is 4.14. The van der Waals surface area contributed by atoms with Crippen molar-refractivity contribution in [3.05, 3.63) is 35.7 Å². The third kappa shape index (κ3) is 3.82. The van der Waals surface area contributed by atoms with Gasteiger partial charge in [-0.25, -0.2) is 4.98 Å². The van der Waals surface area contributed by atoms with E-state index >= 15 is 0 Å². The predicted octanol–water partition coefficient (Wildman–Crippen LogP) is 3.59. The molecule has 1 heterocycles. The number of rotatable bonds is 5. The van der Waals surface area contributed by atoms with Crippen LogP contribution in [-0.2, 0) is 11.3 Å². The molecule has 1 saturated carbocycles. The van der Waals surface area contributed by atoms with Crippen molar-refractivity contribution in [2.24, 2.45) is 5.92 Å². The van der Waals surface area contributed by atoms with Gasteiger partial charge < -0.3 is 10.6 Å². The lowest BCUT2D eigenvalue weighted by atomic mass is 10.1. The highest BCUT2D eigenvalue weighted by Gasteiger charge is 2.22. The highest BCUT2D eigenvalue weighted by Crippen LogP contribution is 2.26. The maximum atomic E-state index is 12.2. The smallest absolute Gasteiger partial charge is 0.227 e. The number of hydrogen-bond donors (Lipinski definition) is 2. The minimum absolute atomic E-state index is 0.155. The molecule has 6 heteroatoms. The van der Waals surface area contributed by atoms with Crippen molar-refractivity contribution in [3.8, 4) is 0 Å². The van der Waals surface area contributed by atoms with Crippen LogP contribution in [0.1, 0.15) is 37.1 Å². The standard InChI is InChI=1S/C16H20N4OS/c1-11-18-16(22-20-11)17-10-12-5-4-8-14(9-12)19-15(21)13-6-2-3-7-13/h4-5,8-9,13H,2-3,6-7,10H2,1H3,(H,19,21)(H,17,18,20). The third-order valence-corrected chi connectivity index (χ3v) is 4.66. The summed E-state index contributed by atoms with van der Waals surface area (Å²) >= 11 is 1.36. The topological polar surface area (TPSA) is 66.9 Å². The van der Waals surface area contributed by atoms with Gasteiger partial charge >= 0.3 is 0 Å². The molecule has 1 amide bonds. The van der Waals surface area contributed by atoms with Crippen LogP contribution >= 0.6 is 11.5 Å². The molecule has 1 aromatic carbocycles. The zero-order valence-corrected chi connectivity index (χ0v) is 13.4. The van der Waals surface area contributed by atoms with Crippen LogP contribution in [0.4, 0.5) is 10.8 Å². The highest BCUT2D eigenvalue weighted by molar-refractivity contribution is 7.09. The van der Waals surface area contributed by atoms with Crippen LogP contribution in [-0.4, -0.2) is 15.3 Å². The summed E-state index contributed by atoms with van der Waals surface area (Å²) in [6.07, 6.45) is 4.37. The monoisotopic (exact) mass is 316 g/mol. The minimum atomic E-state index is 0.155. The molecule has 1 aliphatic carbocycles. The molecule has 1 fully saturated rings. The SMILES string of the molecule is Cc1nsc(NCc2cccc(NC(=O)C3CCCC3)c2)n1. The maximum absolute atomic E-state index is 12.2. The van der Waals surface area contributed by atoms with Crippen molar-refractivity contribution in [1.82, 2.24) is 9.36 Å². The van der Waals surface area contributed by atoms with Gasteiger partial charge in [-0.2, -0.15) is 4.37 Å². The first-order chi connectivity index (χ1) is 10.7. The lowest BCUT2D eigenvalue weighted by Crippen LogP contribution is -2.20. The second-order valence-corrected chi connectivity index (χ2v) is 6.42. The molecule has 0 saturated heterocycles. The van der Waals surface area contributed by atoms with E-state index in [1.807, 2.05) is 31.2 Å². The van der Waals surface area contributed by atoms with Gasteiger partial charge in [-0.15, -0.1) is 0 Å². The van der Waals surface area contributed by atoms with Crippen molar-refractivity contribution in [2.75, 3.05) is 10.6 Å². The first kappa shape index (κ1) is 15.0. The largest absolute Gasteiger partial charge is 0.356 e. The van der Waals surface area contributed by atoms with E-state index in [1.165, 1.54) is 24.4 Å². The van der Waals surface area contributed by atoms with E-state index in [0.29, 0.717) is 6.54 Å². The zero-order chi connectivity index (χ0) is 15.4. The molecule has 0 aliphatic heterocycles. The zero-order valence-electron chi connectivity index (χ0n) is 12.6. The van der Waals surface area contributed by atoms with Gasteiger partial charge in [0.2, 0.25) is 11.0 Å². The van der Waals surface area contributed by atoms with E-state index in [1.54, 1.807) is 0 Å². The molecular weight excluding hydrogens is 296 g/mol. The van der Waals surface area contributed by atoms with Crippen molar-refractivity contribution >= 4 is 28.3 Å². The van der Waals surface area contributed by atoms with Gasteiger partial charge in [-0.3, -0.25) is 4.79 Å². The van der Waals surface area contributed by atoms with Crippen LogP contribution in [0.5, 0.6) is 0 Å². The average molecular weight is 316 g/mol. The molecule has 0 bridgehead atoms. The number of nitrogens with zero attached hydrogens (tertiary/aromatic N) is 2. The average Bonchev–Trinajstić information content (AvgIpc) is 3.17. The van der Waals surface area contributed by atoms with Crippen molar-refractivity contribution in [1.29, 1.82) is 0 Å². The second-order valence-electron chi connectivity index (χ2n) is 5.67. The molecule has 0 spiro atoms. The Morgan fingerprint density at radius 2 is 2.18 bits per heavy atom. The van der Waals surface area contributed by atoms with Gasteiger partial charge in [0.05, 0.1) is 0 Å². The van der Waals surface area contributed by atoms with Gasteiger partial charge in [-0.1, -0.05) is 25.0 Å². The van der Waals surface area contributed by atoms with Crippen molar-refractivity contribution in [2.45, 2.75) is 39.2 Å². The Morgan fingerprint density at radius 1 is 1.36 bits per heavy atom. The van der Waals surface area contributed by atoms with E-state index < -0.39 is 0 Å². The Kier molecular flexibility index (Phi) is 4.68. The van der Waals surface area contributed by atoms with E-state index in [0.717, 1.165) is 35.0 Å². The molecular formula is C16H20N4OS. The number of aryl methyl sites for hydroxylation is 1. The molecule has 0 atom stereocenters. The number of nitrogens with one attached hydrogen (secondary N) is 2. The Labute approximate surface area is 134 Å². The number of amides is 1. The quantitative estimate of drug-likeness (QED) is 0.884. The molecule has 116 valence electrons. The first-order valence-electron chi connectivity index (χ1n) is 7.65. The fourth-order valence-electron chi connectivity index (χ4n) is 2.74. The van der Waals surface area contributed by atoms with Gasteiger partial charge in [-0.05, 0) is 37.5 Å². The normalized spacial score (nSPS) is 15.0. The Morgan fingerprint density at radius 3 is 2.91 bits per heavy atom. The summed E-state index contributed by atoms with van der Waals surface area (Å²) in [6.45, 7) is 2.54. The lowest BCUT2D eigenvalue weighted by molar-refractivity contribution is -0.119. The van der Waals surface area contributed by atoms with Crippen LogP contribution in [0.15, 0.2) is 24.3 Å². The number of aromatic nitrogens is 2. The molecule has 5 nitrogen and oxygen atoms in total. The van der Waals surface area contributed by atoms with Gasteiger partial charge in [0.15, 0.2) is 0 Å². The Bertz CT molecular complexity index is 649. The van der Waals surface area contributed by atoms with Crippen molar-refractivity contribution in [3.63, 3.8) is 0 Å². The molecule has 1 aliphatic rings. The molecule has 22 heavy (non-hydrogen) atoms. The first-order valence-corrected chi connectivity index (χ1v) is 8.42. The summed E-state index contributed by atoms with van der Waals surface area (Å²) in [5.74, 6) is 1.12. The molecule has 1 aromatic heterocycles. The van der Waals surface area contributed by atoms with E-state index in [-0.39, 0.29) is 11.8 Å². The van der Waals surface area contributed by atoms with E-state index in [4.69, 9.17) is 0 Å². The van der Waals surface area contributed by atoms with Crippen LogP contribution < -0.4 is 10.6 Å². The Balaban J connectivity index is 1.58. The minimum Gasteiger partial charge on any atom is -0.356 e. The summed E-state index contributed by atoms with van der Waals surface area (Å²) in [6, 6.07) is 7.94. The number of benzene rings is 1. The fourth-order valence-corrected chi connectivity index (χ4v) is 3.31. The number of carbonyl (C=O) groups is 1. The predicted molar refractivity (Wildman–Crippen MR) is 89.0 cm³/mol. The molecule has 3 rings (SSSR count). The summed E-state index contributed by atoms with van der Waals surface area (Å²) in [5.41, 5.74) is 1.97. The second kappa shape index (κ2) is 6.87. The van der Waals surface area contributed by atoms with E-state index in [9.17, 15) is 4.79 Å². The summed E-state index contributed by atoms with van der Waals surface area (Å²) in [7, 11) is 0. The molecule has 2 N–H and O–H groups in total. The number of hydrogen-bond acceptors (Lipinski definition) is 5.